The van der Waals surface area contributed by atoms with Crippen LogP contribution in [-0.4, -0.2) is 22.2 Å². The van der Waals surface area contributed by atoms with Gasteiger partial charge in [-0.15, -0.1) is 0 Å². The van der Waals surface area contributed by atoms with Crippen LogP contribution < -0.4 is 0 Å². The van der Waals surface area contributed by atoms with Crippen LogP contribution in [0, 0.1) is 10.1 Å². The van der Waals surface area contributed by atoms with Crippen molar-refractivity contribution < 1.29 is 14.5 Å². The Morgan fingerprint density at radius 1 is 1.32 bits per heavy atom. The van der Waals surface area contributed by atoms with E-state index in [-0.39, 0.29) is 12.3 Å². The van der Waals surface area contributed by atoms with Gasteiger partial charge in [-0.25, -0.2) is 4.79 Å². The molecule has 1 heterocycles. The molecule has 0 bridgehead atoms. The maximum absolute atomic E-state index is 11.8. The molecule has 6 heteroatoms. The highest BCUT2D eigenvalue weighted by Crippen LogP contribution is 2.29. The largest absolute Gasteiger partial charge is 0.449 e. The molecule has 1 aromatic heterocycles. The number of para-hydroxylation sites is 1. The highest BCUT2D eigenvalue weighted by atomic mass is 16.6. The van der Waals surface area contributed by atoms with Crippen molar-refractivity contribution in [2.75, 3.05) is 6.61 Å². The van der Waals surface area contributed by atoms with Crippen LogP contribution in [0.2, 0.25) is 0 Å². The summed E-state index contributed by atoms with van der Waals surface area (Å²) in [6.07, 6.45) is 0.963. The zero-order chi connectivity index (χ0) is 13.8. The molecular weight excluding hydrogens is 248 g/mol. The van der Waals surface area contributed by atoms with Crippen LogP contribution >= 0.6 is 0 Å². The molecule has 0 atom stereocenters. The number of ether oxygens (including phenoxy) is 1. The predicted octanol–water partition coefficient (Wildman–Crippen LogP) is 3.07. The summed E-state index contributed by atoms with van der Waals surface area (Å²) < 4.78 is 6.16. The lowest BCUT2D eigenvalue weighted by Gasteiger charge is -2.08. The lowest BCUT2D eigenvalue weighted by molar-refractivity contribution is -0.384. The summed E-state index contributed by atoms with van der Waals surface area (Å²) >= 11 is 0. The lowest BCUT2D eigenvalue weighted by Crippen LogP contribution is -2.13. The molecule has 0 saturated heterocycles. The van der Waals surface area contributed by atoms with E-state index in [0.29, 0.717) is 11.3 Å². The van der Waals surface area contributed by atoms with Crippen molar-refractivity contribution in [2.24, 2.45) is 0 Å². The maximum Gasteiger partial charge on any atom is 0.418 e. The molecule has 6 nitrogen and oxygen atoms in total. The molecule has 19 heavy (non-hydrogen) atoms. The minimum absolute atomic E-state index is 0.0493. The number of benzene rings is 1. The molecule has 0 unspecified atom stereocenters. The average Bonchev–Trinajstić information content (AvgIpc) is 2.88. The average molecular weight is 260 g/mol. The fourth-order valence-electron chi connectivity index (χ4n) is 1.80. The van der Waals surface area contributed by atoms with Crippen LogP contribution in [0.5, 0.6) is 0 Å². The molecule has 0 amide bonds. The van der Waals surface area contributed by atoms with E-state index < -0.39 is 11.0 Å². The second-order valence-corrected chi connectivity index (χ2v) is 3.74. The third-order valence-electron chi connectivity index (χ3n) is 2.59. The summed E-state index contributed by atoms with van der Waals surface area (Å²) in [5.41, 5.74) is 0.767. The van der Waals surface area contributed by atoms with E-state index in [4.69, 9.17) is 4.74 Å². The number of nitro groups is 1. The fourth-order valence-corrected chi connectivity index (χ4v) is 1.80. The van der Waals surface area contributed by atoms with Crippen molar-refractivity contribution in [3.63, 3.8) is 0 Å². The first-order chi connectivity index (χ1) is 9.15. The Balaban J connectivity index is 2.52. The predicted molar refractivity (Wildman–Crippen MR) is 68.9 cm³/mol. The molecule has 0 fully saturated rings. The molecule has 0 N–H and O–H groups in total. The smallest absolute Gasteiger partial charge is 0.418 e. The minimum Gasteiger partial charge on any atom is -0.449 e. The SMILES string of the molecule is CCOC(=O)n1cccc1-c1ccccc1[N+](=O)[O-]. The first kappa shape index (κ1) is 12.8. The highest BCUT2D eigenvalue weighted by Gasteiger charge is 2.19. The number of aromatic nitrogens is 1. The second-order valence-electron chi connectivity index (χ2n) is 3.74. The second kappa shape index (κ2) is 5.34. The number of rotatable bonds is 3. The van der Waals surface area contributed by atoms with E-state index in [1.165, 1.54) is 16.8 Å². The van der Waals surface area contributed by atoms with Crippen molar-refractivity contribution in [3.05, 3.63) is 52.7 Å². The minimum atomic E-state index is -0.555. The molecule has 98 valence electrons. The maximum atomic E-state index is 11.8. The number of nitrogens with zero attached hydrogens (tertiary/aromatic N) is 2. The van der Waals surface area contributed by atoms with E-state index in [2.05, 4.69) is 0 Å². The molecule has 2 rings (SSSR count). The van der Waals surface area contributed by atoms with E-state index in [9.17, 15) is 14.9 Å². The van der Waals surface area contributed by atoms with Crippen LogP contribution in [-0.2, 0) is 4.74 Å². The van der Waals surface area contributed by atoms with Crippen LogP contribution in [0.15, 0.2) is 42.6 Å². The van der Waals surface area contributed by atoms with E-state index >= 15 is 0 Å². The van der Waals surface area contributed by atoms with Gasteiger partial charge in [0.05, 0.1) is 22.8 Å². The molecule has 0 saturated carbocycles. The summed E-state index contributed by atoms with van der Waals surface area (Å²) in [5, 5.41) is 11.0. The van der Waals surface area contributed by atoms with Crippen molar-refractivity contribution >= 4 is 11.8 Å². The van der Waals surface area contributed by atoms with Crippen molar-refractivity contribution in [1.29, 1.82) is 0 Å². The molecule has 0 aliphatic heterocycles. The lowest BCUT2D eigenvalue weighted by atomic mass is 10.1. The third kappa shape index (κ3) is 2.47. The highest BCUT2D eigenvalue weighted by molar-refractivity contribution is 5.81. The quantitative estimate of drug-likeness (QED) is 0.627. The van der Waals surface area contributed by atoms with Gasteiger partial charge in [-0.1, -0.05) is 12.1 Å². The standard InChI is InChI=1S/C13H12N2O4/c1-2-19-13(16)14-9-5-8-11(14)10-6-3-4-7-12(10)15(17)18/h3-9H,2H2,1H3. The Morgan fingerprint density at radius 3 is 2.74 bits per heavy atom. The van der Waals surface area contributed by atoms with Crippen LogP contribution in [0.4, 0.5) is 10.5 Å². The van der Waals surface area contributed by atoms with Gasteiger partial charge in [0.25, 0.3) is 5.69 Å². The molecule has 1 aromatic carbocycles. The van der Waals surface area contributed by atoms with Crippen LogP contribution in [0.1, 0.15) is 6.92 Å². The van der Waals surface area contributed by atoms with E-state index in [1.54, 1.807) is 37.3 Å². The summed E-state index contributed by atoms with van der Waals surface area (Å²) in [5.74, 6) is 0. The fraction of sp³-hybridized carbons (Fsp3) is 0.154. The Kier molecular flexibility index (Phi) is 3.61. The molecule has 0 spiro atoms. The van der Waals surface area contributed by atoms with Gasteiger partial charge in [-0.05, 0) is 25.1 Å². The Labute approximate surface area is 109 Å². The first-order valence-electron chi connectivity index (χ1n) is 5.73. The van der Waals surface area contributed by atoms with Crippen molar-refractivity contribution in [2.45, 2.75) is 6.92 Å². The van der Waals surface area contributed by atoms with Crippen LogP contribution in [0.3, 0.4) is 0 Å². The molecule has 0 aliphatic rings. The molecule has 0 radical (unpaired) electrons. The number of hydrogen-bond acceptors (Lipinski definition) is 4. The third-order valence-corrected chi connectivity index (χ3v) is 2.59. The number of carbonyl (C=O) groups is 1. The first-order valence-corrected chi connectivity index (χ1v) is 5.73. The zero-order valence-electron chi connectivity index (χ0n) is 10.3. The molecular formula is C13H12N2O4. The Morgan fingerprint density at radius 2 is 2.05 bits per heavy atom. The summed E-state index contributed by atoms with van der Waals surface area (Å²) in [6.45, 7) is 1.94. The van der Waals surface area contributed by atoms with Gasteiger partial charge in [0.2, 0.25) is 0 Å². The van der Waals surface area contributed by atoms with E-state index in [0.717, 1.165) is 0 Å². The van der Waals surface area contributed by atoms with Gasteiger partial charge < -0.3 is 4.74 Å². The topological polar surface area (TPSA) is 74.4 Å². The van der Waals surface area contributed by atoms with Gasteiger partial charge in [-0.3, -0.25) is 14.7 Å². The summed E-state index contributed by atoms with van der Waals surface area (Å²) in [7, 11) is 0. The number of hydrogen-bond donors (Lipinski definition) is 0. The Hall–Kier alpha value is -2.63. The van der Waals surface area contributed by atoms with Gasteiger partial charge in [0, 0.05) is 12.3 Å². The zero-order valence-corrected chi connectivity index (χ0v) is 10.3. The summed E-state index contributed by atoms with van der Waals surface area (Å²) in [6, 6.07) is 9.55. The number of nitro benzene ring substituents is 1. The van der Waals surface area contributed by atoms with Gasteiger partial charge in [0.1, 0.15) is 0 Å². The van der Waals surface area contributed by atoms with Gasteiger partial charge in [-0.2, -0.15) is 0 Å². The normalized spacial score (nSPS) is 10.2. The number of carbonyl (C=O) groups excluding carboxylic acids is 1. The monoisotopic (exact) mass is 260 g/mol. The van der Waals surface area contributed by atoms with Gasteiger partial charge >= 0.3 is 6.09 Å². The van der Waals surface area contributed by atoms with E-state index in [1.807, 2.05) is 0 Å². The van der Waals surface area contributed by atoms with Crippen molar-refractivity contribution in [3.8, 4) is 11.3 Å². The van der Waals surface area contributed by atoms with Crippen molar-refractivity contribution in [1.82, 2.24) is 4.57 Å². The van der Waals surface area contributed by atoms with Crippen LogP contribution in [0.25, 0.3) is 11.3 Å². The Bertz CT molecular complexity index is 619. The molecule has 0 aliphatic carbocycles. The molecule has 2 aromatic rings. The summed E-state index contributed by atoms with van der Waals surface area (Å²) in [4.78, 5) is 22.3. The van der Waals surface area contributed by atoms with Gasteiger partial charge in [0.15, 0.2) is 0 Å².